The van der Waals surface area contributed by atoms with Crippen LogP contribution in [0.25, 0.3) is 6.08 Å². The van der Waals surface area contributed by atoms with Gasteiger partial charge < -0.3 is 10.1 Å². The monoisotopic (exact) mass is 444 g/mol. The van der Waals surface area contributed by atoms with Crippen molar-refractivity contribution in [3.8, 4) is 5.75 Å². The van der Waals surface area contributed by atoms with Gasteiger partial charge in [-0.15, -0.1) is 0 Å². The molecule has 0 aromatic heterocycles. The zero-order chi connectivity index (χ0) is 21.7. The molecule has 2 aromatic rings. The molecule has 1 fully saturated rings. The SMILES string of the molecule is CC[C@H](C)Oc1ccc(/C=C2\SC(=O)N(CC(=O)Nc3ccccc3)C2=O)cc1Cl. The standard InChI is InChI=1S/C22H21ClN2O4S/c1-3-14(2)29-18-10-9-15(11-17(18)23)12-19-21(27)25(22(28)30-19)13-20(26)24-16-7-5-4-6-8-16/h4-12,14H,3,13H2,1-2H3,(H,24,26)/b19-12-/t14-/m0/s1. The van der Waals surface area contributed by atoms with Gasteiger partial charge in [-0.1, -0.05) is 42.8 Å². The number of thioether (sulfide) groups is 1. The number of nitrogens with one attached hydrogen (secondary N) is 1. The van der Waals surface area contributed by atoms with Crippen molar-refractivity contribution in [1.29, 1.82) is 0 Å². The average Bonchev–Trinajstić information content (AvgIpc) is 2.98. The van der Waals surface area contributed by atoms with Gasteiger partial charge in [0.05, 0.1) is 16.0 Å². The summed E-state index contributed by atoms with van der Waals surface area (Å²) in [5, 5.41) is 2.60. The third-order valence-electron chi connectivity index (χ3n) is 4.39. The van der Waals surface area contributed by atoms with Crippen molar-refractivity contribution in [3.05, 3.63) is 64.0 Å². The average molecular weight is 445 g/mol. The lowest BCUT2D eigenvalue weighted by molar-refractivity contribution is -0.127. The molecule has 8 heteroatoms. The third-order valence-corrected chi connectivity index (χ3v) is 5.59. The number of hydrogen-bond donors (Lipinski definition) is 1. The molecule has 1 aliphatic rings. The summed E-state index contributed by atoms with van der Waals surface area (Å²) in [6, 6.07) is 14.0. The van der Waals surface area contributed by atoms with Crippen LogP contribution in [0.5, 0.6) is 5.75 Å². The van der Waals surface area contributed by atoms with Crippen molar-refractivity contribution in [2.45, 2.75) is 26.4 Å². The summed E-state index contributed by atoms with van der Waals surface area (Å²) in [6.45, 7) is 3.62. The Kier molecular flexibility index (Phi) is 7.18. The number of rotatable bonds is 7. The number of amides is 3. The van der Waals surface area contributed by atoms with Crippen molar-refractivity contribution in [1.82, 2.24) is 4.90 Å². The largest absolute Gasteiger partial charge is 0.489 e. The Bertz CT molecular complexity index is 994. The lowest BCUT2D eigenvalue weighted by atomic mass is 10.2. The van der Waals surface area contributed by atoms with Gasteiger partial charge in [-0.05, 0) is 61.0 Å². The minimum atomic E-state index is -0.510. The maximum Gasteiger partial charge on any atom is 0.294 e. The van der Waals surface area contributed by atoms with E-state index < -0.39 is 17.1 Å². The highest BCUT2D eigenvalue weighted by atomic mass is 35.5. The maximum absolute atomic E-state index is 12.6. The van der Waals surface area contributed by atoms with E-state index in [2.05, 4.69) is 5.32 Å². The smallest absolute Gasteiger partial charge is 0.294 e. The molecule has 0 spiro atoms. The van der Waals surface area contributed by atoms with E-state index in [1.165, 1.54) is 0 Å². The number of anilines is 1. The molecule has 0 aliphatic carbocycles. The molecule has 1 N–H and O–H groups in total. The second-order valence-electron chi connectivity index (χ2n) is 6.71. The summed E-state index contributed by atoms with van der Waals surface area (Å²) in [7, 11) is 0. The summed E-state index contributed by atoms with van der Waals surface area (Å²) in [5.41, 5.74) is 1.26. The zero-order valence-electron chi connectivity index (χ0n) is 16.6. The van der Waals surface area contributed by atoms with E-state index >= 15 is 0 Å². The molecule has 0 radical (unpaired) electrons. The molecule has 3 amide bonds. The van der Waals surface area contributed by atoms with Crippen LogP contribution in [-0.2, 0) is 9.59 Å². The number of carbonyl (C=O) groups excluding carboxylic acids is 3. The van der Waals surface area contributed by atoms with E-state index in [0.717, 1.165) is 23.1 Å². The molecule has 0 unspecified atom stereocenters. The number of hydrogen-bond acceptors (Lipinski definition) is 5. The molecule has 2 aromatic carbocycles. The van der Waals surface area contributed by atoms with Gasteiger partial charge in [0.2, 0.25) is 5.91 Å². The van der Waals surface area contributed by atoms with E-state index in [0.29, 0.717) is 22.0 Å². The highest BCUT2D eigenvalue weighted by molar-refractivity contribution is 8.18. The fourth-order valence-electron chi connectivity index (χ4n) is 2.66. The summed E-state index contributed by atoms with van der Waals surface area (Å²) in [6.07, 6.45) is 2.47. The summed E-state index contributed by atoms with van der Waals surface area (Å²) in [5.74, 6) is -0.391. The normalized spacial score (nSPS) is 16.1. The molecule has 3 rings (SSSR count). The van der Waals surface area contributed by atoms with Gasteiger partial charge in [0, 0.05) is 5.69 Å². The fraction of sp³-hybridized carbons (Fsp3) is 0.227. The number of halogens is 1. The predicted octanol–water partition coefficient (Wildman–Crippen LogP) is 5.19. The molecule has 1 aliphatic heterocycles. The Morgan fingerprint density at radius 1 is 1.23 bits per heavy atom. The molecule has 156 valence electrons. The van der Waals surface area contributed by atoms with Crippen LogP contribution in [0.1, 0.15) is 25.8 Å². The van der Waals surface area contributed by atoms with E-state index in [1.54, 1.807) is 48.5 Å². The summed E-state index contributed by atoms with van der Waals surface area (Å²) >= 11 is 7.07. The first kappa shape index (κ1) is 21.9. The van der Waals surface area contributed by atoms with Gasteiger partial charge in [-0.25, -0.2) is 0 Å². The van der Waals surface area contributed by atoms with Crippen molar-refractivity contribution < 1.29 is 19.1 Å². The molecule has 30 heavy (non-hydrogen) atoms. The first-order chi connectivity index (χ1) is 14.4. The predicted molar refractivity (Wildman–Crippen MR) is 120 cm³/mol. The van der Waals surface area contributed by atoms with Gasteiger partial charge in [0.25, 0.3) is 11.1 Å². The van der Waals surface area contributed by atoms with Crippen LogP contribution in [0, 0.1) is 0 Å². The highest BCUT2D eigenvalue weighted by Gasteiger charge is 2.36. The molecule has 1 saturated heterocycles. The molecular weight excluding hydrogens is 424 g/mol. The van der Waals surface area contributed by atoms with Gasteiger partial charge >= 0.3 is 0 Å². The highest BCUT2D eigenvalue weighted by Crippen LogP contribution is 2.34. The van der Waals surface area contributed by atoms with Crippen LogP contribution >= 0.6 is 23.4 Å². The topological polar surface area (TPSA) is 75.7 Å². The van der Waals surface area contributed by atoms with Crippen molar-refractivity contribution in [3.63, 3.8) is 0 Å². The van der Waals surface area contributed by atoms with Crippen molar-refractivity contribution in [2.24, 2.45) is 0 Å². The molecule has 1 atom stereocenters. The number of benzene rings is 2. The van der Waals surface area contributed by atoms with Crippen LogP contribution in [0.4, 0.5) is 10.5 Å². The van der Waals surface area contributed by atoms with E-state index in [9.17, 15) is 14.4 Å². The minimum absolute atomic E-state index is 0.0342. The van der Waals surface area contributed by atoms with Crippen LogP contribution < -0.4 is 10.1 Å². The van der Waals surface area contributed by atoms with Gasteiger partial charge in [-0.3, -0.25) is 19.3 Å². The number of imide groups is 1. The minimum Gasteiger partial charge on any atom is -0.489 e. The van der Waals surface area contributed by atoms with E-state index in [4.69, 9.17) is 16.3 Å². The zero-order valence-corrected chi connectivity index (χ0v) is 18.1. The van der Waals surface area contributed by atoms with Gasteiger partial charge in [0.1, 0.15) is 12.3 Å². The second-order valence-corrected chi connectivity index (χ2v) is 8.11. The summed E-state index contributed by atoms with van der Waals surface area (Å²) < 4.78 is 5.74. The molecular formula is C22H21ClN2O4S. The third kappa shape index (κ3) is 5.43. The van der Waals surface area contributed by atoms with Crippen LogP contribution in [0.3, 0.4) is 0 Å². The Labute approximate surface area is 184 Å². The Hall–Kier alpha value is -2.77. The second kappa shape index (κ2) is 9.82. The van der Waals surface area contributed by atoms with Gasteiger partial charge in [0.15, 0.2) is 0 Å². The molecule has 0 saturated carbocycles. The number of carbonyl (C=O) groups is 3. The van der Waals surface area contributed by atoms with Crippen molar-refractivity contribution in [2.75, 3.05) is 11.9 Å². The first-order valence-electron chi connectivity index (χ1n) is 9.44. The molecule has 6 nitrogen and oxygen atoms in total. The van der Waals surface area contributed by atoms with Crippen molar-refractivity contribution >= 4 is 52.2 Å². The lowest BCUT2D eigenvalue weighted by Crippen LogP contribution is -2.36. The maximum atomic E-state index is 12.6. The number of nitrogens with zero attached hydrogens (tertiary/aromatic N) is 1. The lowest BCUT2D eigenvalue weighted by Gasteiger charge is -2.14. The van der Waals surface area contributed by atoms with Crippen LogP contribution in [-0.4, -0.2) is 34.6 Å². The van der Waals surface area contributed by atoms with Crippen LogP contribution in [0.15, 0.2) is 53.4 Å². The van der Waals surface area contributed by atoms with Crippen LogP contribution in [0.2, 0.25) is 5.02 Å². The summed E-state index contributed by atoms with van der Waals surface area (Å²) in [4.78, 5) is 38.2. The molecule has 1 heterocycles. The Morgan fingerprint density at radius 2 is 1.97 bits per heavy atom. The molecule has 0 bridgehead atoms. The Balaban J connectivity index is 1.68. The number of para-hydroxylation sites is 1. The first-order valence-corrected chi connectivity index (χ1v) is 10.6. The van der Waals surface area contributed by atoms with Gasteiger partial charge in [-0.2, -0.15) is 0 Å². The van der Waals surface area contributed by atoms with E-state index in [-0.39, 0.29) is 17.6 Å². The number of ether oxygens (including phenoxy) is 1. The quantitative estimate of drug-likeness (QED) is 0.594. The fourth-order valence-corrected chi connectivity index (χ4v) is 3.73. The van der Waals surface area contributed by atoms with E-state index in [1.807, 2.05) is 19.9 Å². The Morgan fingerprint density at radius 3 is 2.63 bits per heavy atom.